The van der Waals surface area contributed by atoms with Crippen molar-refractivity contribution in [1.82, 2.24) is 5.43 Å². The van der Waals surface area contributed by atoms with Gasteiger partial charge in [0.2, 0.25) is 0 Å². The number of hydrogen-bond donors (Lipinski definition) is 1. The molecule has 2 aromatic carbocycles. The van der Waals surface area contributed by atoms with E-state index >= 15 is 0 Å². The molecule has 0 aromatic heterocycles. The minimum Gasteiger partial charge on any atom is -0.496 e. The summed E-state index contributed by atoms with van der Waals surface area (Å²) in [5.74, 6) is 2.38. The molecule has 0 aliphatic rings. The van der Waals surface area contributed by atoms with E-state index < -0.39 is 10.8 Å². The first-order valence-electron chi connectivity index (χ1n) is 7.48. The summed E-state index contributed by atoms with van der Waals surface area (Å²) in [5, 5.41) is 14.8. The third-order valence-corrected chi connectivity index (χ3v) is 3.78. The molecule has 0 atom stereocenters. The van der Waals surface area contributed by atoms with Gasteiger partial charge in [0.05, 0.1) is 23.8 Å². The average Bonchev–Trinajstić information content (AvgIpc) is 2.66. The number of benzene rings is 2. The number of methoxy groups -OCH3 is 1. The topological polar surface area (TPSA) is 103 Å². The monoisotopic (exact) mass is 431 g/mol. The second kappa shape index (κ2) is 9.35. The quantitative estimate of drug-likeness (QED) is 0.314. The van der Waals surface area contributed by atoms with Gasteiger partial charge in [-0.05, 0) is 24.3 Å². The maximum Gasteiger partial charge on any atom is 0.275 e. The maximum atomic E-state index is 12.3. The molecular weight excluding hydrogens is 418 g/mol. The van der Waals surface area contributed by atoms with E-state index in [9.17, 15) is 14.9 Å². The van der Waals surface area contributed by atoms with Crippen molar-refractivity contribution in [3.63, 3.8) is 0 Å². The summed E-state index contributed by atoms with van der Waals surface area (Å²) in [6.07, 6.45) is 6.56. The van der Waals surface area contributed by atoms with Crippen LogP contribution >= 0.6 is 15.9 Å². The number of nitro benzene ring substituents is 1. The van der Waals surface area contributed by atoms with Gasteiger partial charge in [0.1, 0.15) is 18.1 Å². The third kappa shape index (κ3) is 5.29. The van der Waals surface area contributed by atoms with E-state index in [0.29, 0.717) is 11.3 Å². The number of non-ortho nitro benzene ring substituents is 1. The zero-order valence-electron chi connectivity index (χ0n) is 14.1. The van der Waals surface area contributed by atoms with Gasteiger partial charge in [-0.3, -0.25) is 14.9 Å². The van der Waals surface area contributed by atoms with Crippen molar-refractivity contribution in [3.8, 4) is 23.8 Å². The van der Waals surface area contributed by atoms with E-state index in [1.165, 1.54) is 25.5 Å². The minimum atomic E-state index is -0.659. The average molecular weight is 432 g/mol. The van der Waals surface area contributed by atoms with E-state index in [0.717, 1.165) is 10.5 Å². The molecule has 0 spiro atoms. The molecule has 8 nitrogen and oxygen atoms in total. The molecule has 0 saturated carbocycles. The Morgan fingerprint density at radius 2 is 2.11 bits per heavy atom. The number of nitro groups is 1. The smallest absolute Gasteiger partial charge is 0.275 e. The van der Waals surface area contributed by atoms with Gasteiger partial charge in [-0.25, -0.2) is 5.43 Å². The van der Waals surface area contributed by atoms with Gasteiger partial charge in [0.25, 0.3) is 11.6 Å². The Morgan fingerprint density at radius 1 is 1.37 bits per heavy atom. The highest BCUT2D eigenvalue weighted by Crippen LogP contribution is 2.24. The highest BCUT2D eigenvalue weighted by atomic mass is 79.9. The van der Waals surface area contributed by atoms with Gasteiger partial charge in [-0.15, -0.1) is 6.42 Å². The molecule has 1 amide bonds. The van der Waals surface area contributed by atoms with Crippen LogP contribution in [0.5, 0.6) is 11.5 Å². The van der Waals surface area contributed by atoms with Gasteiger partial charge >= 0.3 is 0 Å². The van der Waals surface area contributed by atoms with Crippen LogP contribution in [0.2, 0.25) is 0 Å². The number of rotatable bonds is 7. The maximum absolute atomic E-state index is 12.3. The Hall–Kier alpha value is -3.38. The summed E-state index contributed by atoms with van der Waals surface area (Å²) in [6.45, 7) is 0.0830. The molecule has 0 unspecified atom stereocenters. The van der Waals surface area contributed by atoms with Gasteiger partial charge in [0, 0.05) is 22.2 Å². The normalized spacial score (nSPS) is 10.3. The van der Waals surface area contributed by atoms with Crippen LogP contribution in [0.3, 0.4) is 0 Å². The standard InChI is InChI=1S/C18H14BrN3O5/c1-3-8-27-16-6-4-13(19)9-12(16)11-20-21-18(23)15-10-14(22(24)25)5-7-17(15)26-2/h1,4-7,9-11H,8H2,2H3,(H,21,23)/b20-11-. The zero-order valence-corrected chi connectivity index (χ0v) is 15.7. The molecule has 0 aliphatic heterocycles. The van der Waals surface area contributed by atoms with Crippen LogP contribution in [-0.2, 0) is 0 Å². The Kier molecular flexibility index (Phi) is 6.91. The number of halogens is 1. The van der Waals surface area contributed by atoms with E-state index in [2.05, 4.69) is 32.4 Å². The number of terminal acetylenes is 1. The van der Waals surface area contributed by atoms with Gasteiger partial charge in [0.15, 0.2) is 0 Å². The van der Waals surface area contributed by atoms with Gasteiger partial charge in [-0.1, -0.05) is 21.9 Å². The lowest BCUT2D eigenvalue weighted by Gasteiger charge is -2.08. The Balaban J connectivity index is 2.21. The van der Waals surface area contributed by atoms with E-state index in [4.69, 9.17) is 15.9 Å². The minimum absolute atomic E-state index is 0.0121. The number of carbonyl (C=O) groups excluding carboxylic acids is 1. The van der Waals surface area contributed by atoms with E-state index in [1.807, 2.05) is 0 Å². The number of nitrogens with one attached hydrogen (secondary N) is 1. The molecule has 0 heterocycles. The molecule has 9 heteroatoms. The second-order valence-electron chi connectivity index (χ2n) is 5.02. The number of amides is 1. The largest absolute Gasteiger partial charge is 0.496 e. The lowest BCUT2D eigenvalue weighted by Crippen LogP contribution is -2.18. The fourth-order valence-electron chi connectivity index (χ4n) is 2.08. The van der Waals surface area contributed by atoms with Crippen molar-refractivity contribution >= 4 is 33.7 Å². The second-order valence-corrected chi connectivity index (χ2v) is 5.93. The predicted molar refractivity (Wildman–Crippen MR) is 103 cm³/mol. The first-order chi connectivity index (χ1) is 13.0. The van der Waals surface area contributed by atoms with Crippen LogP contribution in [0.4, 0.5) is 5.69 Å². The summed E-state index contributed by atoms with van der Waals surface area (Å²) in [5.41, 5.74) is 2.64. The van der Waals surface area contributed by atoms with Crippen molar-refractivity contribution in [1.29, 1.82) is 0 Å². The van der Waals surface area contributed by atoms with E-state index in [1.54, 1.807) is 18.2 Å². The van der Waals surface area contributed by atoms with Crippen LogP contribution in [0, 0.1) is 22.5 Å². The molecule has 2 rings (SSSR count). The molecule has 27 heavy (non-hydrogen) atoms. The summed E-state index contributed by atoms with van der Waals surface area (Å²) in [4.78, 5) is 22.6. The number of hydrazone groups is 1. The number of carbonyl (C=O) groups is 1. The van der Waals surface area contributed by atoms with Crippen molar-refractivity contribution in [2.24, 2.45) is 5.10 Å². The summed E-state index contributed by atoms with van der Waals surface area (Å²) in [6, 6.07) is 8.91. The molecular formula is C18H14BrN3O5. The molecule has 0 saturated heterocycles. The summed E-state index contributed by atoms with van der Waals surface area (Å²) >= 11 is 3.34. The van der Waals surface area contributed by atoms with Crippen LogP contribution in [0.15, 0.2) is 46.0 Å². The van der Waals surface area contributed by atoms with Crippen molar-refractivity contribution < 1.29 is 19.2 Å². The Bertz CT molecular complexity index is 937. The first-order valence-corrected chi connectivity index (χ1v) is 8.27. The molecule has 2 aromatic rings. The highest BCUT2D eigenvalue weighted by Gasteiger charge is 2.17. The van der Waals surface area contributed by atoms with Crippen LogP contribution in [0.25, 0.3) is 0 Å². The zero-order chi connectivity index (χ0) is 19.8. The van der Waals surface area contributed by atoms with Crippen molar-refractivity contribution in [3.05, 3.63) is 62.1 Å². The molecule has 138 valence electrons. The van der Waals surface area contributed by atoms with Gasteiger partial charge < -0.3 is 9.47 Å². The predicted octanol–water partition coefficient (Wildman–Crippen LogP) is 3.14. The molecule has 0 bridgehead atoms. The lowest BCUT2D eigenvalue weighted by molar-refractivity contribution is -0.384. The summed E-state index contributed by atoms with van der Waals surface area (Å²) < 4.78 is 11.3. The van der Waals surface area contributed by atoms with Crippen LogP contribution in [-0.4, -0.2) is 30.8 Å². The third-order valence-electron chi connectivity index (χ3n) is 3.29. The molecule has 0 fully saturated rings. The van der Waals surface area contributed by atoms with Crippen LogP contribution < -0.4 is 14.9 Å². The summed E-state index contributed by atoms with van der Waals surface area (Å²) in [7, 11) is 1.36. The SMILES string of the molecule is C#CCOc1ccc(Br)cc1/C=N\NC(=O)c1cc([N+](=O)[O-])ccc1OC. The Morgan fingerprint density at radius 3 is 2.78 bits per heavy atom. The van der Waals surface area contributed by atoms with Gasteiger partial charge in [-0.2, -0.15) is 5.10 Å². The fourth-order valence-corrected chi connectivity index (χ4v) is 2.46. The molecule has 0 radical (unpaired) electrons. The van der Waals surface area contributed by atoms with E-state index in [-0.39, 0.29) is 23.6 Å². The van der Waals surface area contributed by atoms with Crippen LogP contribution in [0.1, 0.15) is 15.9 Å². The molecule has 0 aliphatic carbocycles. The van der Waals surface area contributed by atoms with Crippen molar-refractivity contribution in [2.75, 3.05) is 13.7 Å². The first kappa shape index (κ1) is 19.9. The number of hydrogen-bond acceptors (Lipinski definition) is 6. The number of nitrogens with zero attached hydrogens (tertiary/aromatic N) is 2. The fraction of sp³-hybridized carbons (Fsp3) is 0.111. The Labute approximate surface area is 163 Å². The number of ether oxygens (including phenoxy) is 2. The molecule has 1 N–H and O–H groups in total. The highest BCUT2D eigenvalue weighted by molar-refractivity contribution is 9.10. The van der Waals surface area contributed by atoms with Crippen molar-refractivity contribution in [2.45, 2.75) is 0 Å². The lowest BCUT2D eigenvalue weighted by atomic mass is 10.1.